The van der Waals surface area contributed by atoms with Gasteiger partial charge in [-0.1, -0.05) is 60.5 Å². The van der Waals surface area contributed by atoms with Crippen molar-refractivity contribution in [2.75, 3.05) is 6.54 Å². The third-order valence-corrected chi connectivity index (χ3v) is 4.94. The second-order valence-electron chi connectivity index (χ2n) is 5.60. The number of fused-ring (bicyclic) bond motifs is 1. The molecule has 0 aliphatic heterocycles. The van der Waals surface area contributed by atoms with Gasteiger partial charge in [0, 0.05) is 12.0 Å². The lowest BCUT2D eigenvalue weighted by Crippen LogP contribution is -2.20. The highest BCUT2D eigenvalue weighted by Gasteiger charge is 2.31. The zero-order valence-corrected chi connectivity index (χ0v) is 13.6. The van der Waals surface area contributed by atoms with Crippen molar-refractivity contribution in [2.45, 2.75) is 31.7 Å². The molecule has 2 aromatic rings. The summed E-state index contributed by atoms with van der Waals surface area (Å²) >= 11 is 12.2. The van der Waals surface area contributed by atoms with Gasteiger partial charge in [0.15, 0.2) is 0 Å². The van der Waals surface area contributed by atoms with Crippen molar-refractivity contribution < 1.29 is 0 Å². The van der Waals surface area contributed by atoms with Gasteiger partial charge in [-0.3, -0.25) is 0 Å². The van der Waals surface area contributed by atoms with Gasteiger partial charge in [-0.25, -0.2) is 0 Å². The highest BCUT2D eigenvalue weighted by molar-refractivity contribution is 6.42. The highest BCUT2D eigenvalue weighted by Crippen LogP contribution is 2.44. The molecule has 0 radical (unpaired) electrons. The zero-order valence-electron chi connectivity index (χ0n) is 12.1. The van der Waals surface area contributed by atoms with E-state index >= 15 is 0 Å². The van der Waals surface area contributed by atoms with E-state index in [1.165, 1.54) is 16.7 Å². The van der Waals surface area contributed by atoms with Crippen molar-refractivity contribution in [1.82, 2.24) is 5.32 Å². The van der Waals surface area contributed by atoms with Gasteiger partial charge in [-0.05, 0) is 48.2 Å². The first-order chi connectivity index (χ1) is 10.2. The molecule has 0 bridgehead atoms. The number of halogens is 2. The Morgan fingerprint density at radius 1 is 1.05 bits per heavy atom. The van der Waals surface area contributed by atoms with Crippen LogP contribution in [0.15, 0.2) is 42.5 Å². The fourth-order valence-electron chi connectivity index (χ4n) is 3.19. The SMILES string of the molecule is CCCN[C@@H]1C[C@H](c2ccc(Cl)c(Cl)c2)c2ccccc21. The van der Waals surface area contributed by atoms with Gasteiger partial charge < -0.3 is 5.32 Å². The Balaban J connectivity index is 1.95. The molecular formula is C18H19Cl2N. The average Bonchev–Trinajstić information content (AvgIpc) is 2.87. The van der Waals surface area contributed by atoms with E-state index in [1.54, 1.807) is 0 Å². The number of hydrogen-bond donors (Lipinski definition) is 1. The van der Waals surface area contributed by atoms with Gasteiger partial charge in [0.25, 0.3) is 0 Å². The van der Waals surface area contributed by atoms with Crippen molar-refractivity contribution >= 4 is 23.2 Å². The number of hydrogen-bond acceptors (Lipinski definition) is 1. The summed E-state index contributed by atoms with van der Waals surface area (Å²) in [4.78, 5) is 0. The van der Waals surface area contributed by atoms with E-state index in [-0.39, 0.29) is 0 Å². The van der Waals surface area contributed by atoms with Crippen molar-refractivity contribution in [2.24, 2.45) is 0 Å². The normalized spacial score (nSPS) is 20.5. The molecule has 0 saturated heterocycles. The Morgan fingerprint density at radius 2 is 1.81 bits per heavy atom. The fraction of sp³-hybridized carbons (Fsp3) is 0.333. The van der Waals surface area contributed by atoms with Crippen LogP contribution in [0.1, 0.15) is 48.4 Å². The topological polar surface area (TPSA) is 12.0 Å². The molecule has 1 N–H and O–H groups in total. The van der Waals surface area contributed by atoms with E-state index in [9.17, 15) is 0 Å². The molecule has 0 unspecified atom stereocenters. The second-order valence-corrected chi connectivity index (χ2v) is 6.41. The van der Waals surface area contributed by atoms with Crippen LogP contribution in [0.5, 0.6) is 0 Å². The Morgan fingerprint density at radius 3 is 2.52 bits per heavy atom. The molecule has 2 atom stereocenters. The third-order valence-electron chi connectivity index (χ3n) is 4.21. The molecule has 0 aromatic heterocycles. The Hall–Kier alpha value is -1.02. The van der Waals surface area contributed by atoms with Gasteiger partial charge in [-0.15, -0.1) is 0 Å². The molecule has 110 valence electrons. The molecule has 0 heterocycles. The number of rotatable bonds is 4. The van der Waals surface area contributed by atoms with Crippen LogP contribution in [0.4, 0.5) is 0 Å². The van der Waals surface area contributed by atoms with Crippen LogP contribution in [-0.4, -0.2) is 6.54 Å². The largest absolute Gasteiger partial charge is 0.310 e. The lowest BCUT2D eigenvalue weighted by atomic mass is 9.93. The summed E-state index contributed by atoms with van der Waals surface area (Å²) in [7, 11) is 0. The number of benzene rings is 2. The van der Waals surface area contributed by atoms with Crippen molar-refractivity contribution in [3.63, 3.8) is 0 Å². The van der Waals surface area contributed by atoms with E-state index in [0.717, 1.165) is 19.4 Å². The predicted octanol–water partition coefficient (Wildman–Crippen LogP) is 5.57. The van der Waals surface area contributed by atoms with Crippen LogP contribution in [0, 0.1) is 0 Å². The summed E-state index contributed by atoms with van der Waals surface area (Å²) in [6.45, 7) is 3.25. The van der Waals surface area contributed by atoms with Crippen molar-refractivity contribution in [3.8, 4) is 0 Å². The molecule has 1 nitrogen and oxygen atoms in total. The Bertz CT molecular complexity index is 639. The van der Waals surface area contributed by atoms with Crippen LogP contribution in [-0.2, 0) is 0 Å². The van der Waals surface area contributed by atoms with Gasteiger partial charge in [0.1, 0.15) is 0 Å². The van der Waals surface area contributed by atoms with Gasteiger partial charge in [0.2, 0.25) is 0 Å². The molecule has 1 aliphatic carbocycles. The molecular weight excluding hydrogens is 301 g/mol. The first-order valence-corrected chi connectivity index (χ1v) is 8.23. The Labute approximate surface area is 136 Å². The summed E-state index contributed by atoms with van der Waals surface area (Å²) in [5.74, 6) is 0.394. The monoisotopic (exact) mass is 319 g/mol. The zero-order chi connectivity index (χ0) is 14.8. The lowest BCUT2D eigenvalue weighted by Gasteiger charge is -2.14. The van der Waals surface area contributed by atoms with E-state index in [1.807, 2.05) is 12.1 Å². The molecule has 0 saturated carbocycles. The summed E-state index contributed by atoms with van der Waals surface area (Å²) in [5, 5.41) is 4.91. The highest BCUT2D eigenvalue weighted by atomic mass is 35.5. The van der Waals surface area contributed by atoms with Crippen LogP contribution in [0.3, 0.4) is 0 Å². The van der Waals surface area contributed by atoms with Gasteiger partial charge >= 0.3 is 0 Å². The molecule has 0 spiro atoms. The third kappa shape index (κ3) is 2.96. The van der Waals surface area contributed by atoms with Crippen LogP contribution in [0.25, 0.3) is 0 Å². The Kier molecular flexibility index (Phi) is 4.54. The quantitative estimate of drug-likeness (QED) is 0.776. The van der Waals surface area contributed by atoms with Crippen LogP contribution in [0.2, 0.25) is 10.0 Å². The molecule has 2 aromatic carbocycles. The van der Waals surface area contributed by atoms with Gasteiger partial charge in [-0.2, -0.15) is 0 Å². The standard InChI is InChI=1S/C18H19Cl2N/c1-2-9-21-18-11-15(13-5-3-4-6-14(13)18)12-7-8-16(19)17(20)10-12/h3-8,10,15,18,21H,2,9,11H2,1H3/t15-,18-/m1/s1. The second kappa shape index (κ2) is 6.39. The minimum Gasteiger partial charge on any atom is -0.310 e. The molecule has 1 aliphatic rings. The molecule has 0 fully saturated rings. The van der Waals surface area contributed by atoms with E-state index in [0.29, 0.717) is 22.0 Å². The first kappa shape index (κ1) is 14.9. The lowest BCUT2D eigenvalue weighted by molar-refractivity contribution is 0.513. The van der Waals surface area contributed by atoms with Crippen LogP contribution < -0.4 is 5.32 Å². The number of nitrogens with one attached hydrogen (secondary N) is 1. The van der Waals surface area contributed by atoms with E-state index in [2.05, 4.69) is 42.6 Å². The maximum atomic E-state index is 6.19. The maximum absolute atomic E-state index is 6.19. The first-order valence-electron chi connectivity index (χ1n) is 7.48. The minimum absolute atomic E-state index is 0.394. The van der Waals surface area contributed by atoms with Crippen LogP contribution >= 0.6 is 23.2 Å². The summed E-state index contributed by atoms with van der Waals surface area (Å²) in [5.41, 5.74) is 4.07. The summed E-state index contributed by atoms with van der Waals surface area (Å²) < 4.78 is 0. The van der Waals surface area contributed by atoms with Gasteiger partial charge in [0.05, 0.1) is 10.0 Å². The average molecular weight is 320 g/mol. The predicted molar refractivity (Wildman–Crippen MR) is 90.4 cm³/mol. The fourth-order valence-corrected chi connectivity index (χ4v) is 3.50. The van der Waals surface area contributed by atoms with E-state index in [4.69, 9.17) is 23.2 Å². The van der Waals surface area contributed by atoms with E-state index < -0.39 is 0 Å². The minimum atomic E-state index is 0.394. The smallest absolute Gasteiger partial charge is 0.0595 e. The molecule has 0 amide bonds. The van der Waals surface area contributed by atoms with Crippen molar-refractivity contribution in [1.29, 1.82) is 0 Å². The maximum Gasteiger partial charge on any atom is 0.0595 e. The summed E-state index contributed by atoms with van der Waals surface area (Å²) in [6, 6.07) is 15.1. The molecule has 3 rings (SSSR count). The molecule has 3 heteroatoms. The molecule has 21 heavy (non-hydrogen) atoms. The van der Waals surface area contributed by atoms with Crippen molar-refractivity contribution in [3.05, 3.63) is 69.2 Å². The summed E-state index contributed by atoms with van der Waals surface area (Å²) in [6.07, 6.45) is 2.23.